The highest BCUT2D eigenvalue weighted by Gasteiger charge is 2.07. The van der Waals surface area contributed by atoms with Crippen LogP contribution < -0.4 is 4.74 Å². The Morgan fingerprint density at radius 1 is 1.09 bits per heavy atom. The fraction of sp³-hybridized carbons (Fsp3) is 0.235. The molecule has 0 amide bonds. The number of benzene rings is 2. The van der Waals surface area contributed by atoms with E-state index >= 15 is 0 Å². The summed E-state index contributed by atoms with van der Waals surface area (Å²) in [5.41, 5.74) is 2.18. The molecule has 0 N–H and O–H groups in total. The number of ether oxygens (including phenoxy) is 1. The van der Waals surface area contributed by atoms with Crippen molar-refractivity contribution in [2.24, 2.45) is 0 Å². The minimum absolute atomic E-state index is 0.668. The van der Waals surface area contributed by atoms with Crippen LogP contribution in [0.2, 0.25) is 0 Å². The second kappa shape index (κ2) is 7.78. The van der Waals surface area contributed by atoms with Crippen molar-refractivity contribution in [1.82, 2.24) is 20.2 Å². The number of nitrogens with zero attached hydrogens (tertiary/aromatic N) is 4. The summed E-state index contributed by atoms with van der Waals surface area (Å²) < 4.78 is 7.51. The van der Waals surface area contributed by atoms with Crippen molar-refractivity contribution >= 4 is 11.8 Å². The predicted molar refractivity (Wildman–Crippen MR) is 92.0 cm³/mol. The lowest BCUT2D eigenvalue weighted by Crippen LogP contribution is -2.04. The first-order valence-electron chi connectivity index (χ1n) is 7.43. The van der Waals surface area contributed by atoms with Crippen LogP contribution in [0, 0.1) is 6.92 Å². The molecule has 0 saturated heterocycles. The van der Waals surface area contributed by atoms with Crippen LogP contribution in [0.1, 0.15) is 11.4 Å². The summed E-state index contributed by atoms with van der Waals surface area (Å²) >= 11 is 1.75. The van der Waals surface area contributed by atoms with E-state index in [0.717, 1.165) is 28.8 Å². The van der Waals surface area contributed by atoms with Crippen molar-refractivity contribution in [3.05, 3.63) is 66.0 Å². The largest absolute Gasteiger partial charge is 0.493 e. The van der Waals surface area contributed by atoms with Crippen LogP contribution in [-0.4, -0.2) is 32.6 Å². The van der Waals surface area contributed by atoms with E-state index in [1.165, 1.54) is 5.56 Å². The van der Waals surface area contributed by atoms with Gasteiger partial charge in [0.1, 0.15) is 5.75 Å². The van der Waals surface area contributed by atoms with Gasteiger partial charge in [0.2, 0.25) is 0 Å². The van der Waals surface area contributed by atoms with Crippen LogP contribution in [-0.2, 0) is 5.75 Å². The molecule has 2 aromatic carbocycles. The Bertz CT molecular complexity index is 745. The minimum Gasteiger partial charge on any atom is -0.493 e. The standard InChI is InChI=1S/C17H18N4OS/c1-14-6-5-9-16(12-14)22-10-11-23-13-17-18-19-20-21(17)15-7-3-2-4-8-15/h2-9,12H,10-11,13H2,1H3. The molecule has 0 aliphatic carbocycles. The zero-order valence-corrected chi connectivity index (χ0v) is 13.7. The van der Waals surface area contributed by atoms with Crippen LogP contribution in [0.15, 0.2) is 54.6 Å². The molecule has 23 heavy (non-hydrogen) atoms. The molecule has 3 rings (SSSR count). The molecule has 0 saturated carbocycles. The predicted octanol–water partition coefficient (Wildman–Crippen LogP) is 3.28. The van der Waals surface area contributed by atoms with E-state index in [9.17, 15) is 0 Å². The summed E-state index contributed by atoms with van der Waals surface area (Å²) in [6.45, 7) is 2.73. The van der Waals surface area contributed by atoms with Crippen molar-refractivity contribution in [2.75, 3.05) is 12.4 Å². The van der Waals surface area contributed by atoms with Crippen molar-refractivity contribution in [1.29, 1.82) is 0 Å². The highest BCUT2D eigenvalue weighted by molar-refractivity contribution is 7.98. The van der Waals surface area contributed by atoms with Gasteiger partial charge >= 0.3 is 0 Å². The number of aromatic nitrogens is 4. The quantitative estimate of drug-likeness (QED) is 0.624. The average Bonchev–Trinajstić information content (AvgIpc) is 3.04. The lowest BCUT2D eigenvalue weighted by atomic mass is 10.2. The second-order valence-electron chi connectivity index (χ2n) is 5.06. The second-order valence-corrected chi connectivity index (χ2v) is 6.17. The van der Waals surface area contributed by atoms with Gasteiger partial charge in [-0.05, 0) is 47.2 Å². The smallest absolute Gasteiger partial charge is 0.166 e. The highest BCUT2D eigenvalue weighted by atomic mass is 32.2. The van der Waals surface area contributed by atoms with Gasteiger partial charge in [-0.25, -0.2) is 0 Å². The molecule has 0 aliphatic rings. The monoisotopic (exact) mass is 326 g/mol. The molecular weight excluding hydrogens is 308 g/mol. The van der Waals surface area contributed by atoms with Crippen molar-refractivity contribution < 1.29 is 4.74 Å². The fourth-order valence-electron chi connectivity index (χ4n) is 2.15. The van der Waals surface area contributed by atoms with Gasteiger partial charge in [0.05, 0.1) is 18.0 Å². The summed E-state index contributed by atoms with van der Waals surface area (Å²) in [4.78, 5) is 0. The maximum absolute atomic E-state index is 5.74. The molecule has 118 valence electrons. The molecule has 5 nitrogen and oxygen atoms in total. The van der Waals surface area contributed by atoms with Crippen LogP contribution in [0.5, 0.6) is 5.75 Å². The maximum Gasteiger partial charge on any atom is 0.166 e. The summed E-state index contributed by atoms with van der Waals surface area (Å²) in [6, 6.07) is 18.0. The molecule has 3 aromatic rings. The molecule has 1 heterocycles. The fourth-order valence-corrected chi connectivity index (χ4v) is 2.86. The van der Waals surface area contributed by atoms with Gasteiger partial charge in [0.25, 0.3) is 0 Å². The number of hydrogen-bond donors (Lipinski definition) is 0. The van der Waals surface area contributed by atoms with Gasteiger partial charge in [-0.2, -0.15) is 16.4 Å². The maximum atomic E-state index is 5.74. The van der Waals surface area contributed by atoms with E-state index in [1.807, 2.05) is 48.5 Å². The van der Waals surface area contributed by atoms with E-state index in [0.29, 0.717) is 6.61 Å². The van der Waals surface area contributed by atoms with Gasteiger partial charge in [0, 0.05) is 5.75 Å². The summed E-state index contributed by atoms with van der Waals surface area (Å²) in [5.74, 6) is 3.39. The van der Waals surface area contributed by atoms with Crippen molar-refractivity contribution in [2.45, 2.75) is 12.7 Å². The van der Waals surface area contributed by atoms with Gasteiger partial charge in [-0.1, -0.05) is 30.3 Å². The summed E-state index contributed by atoms with van der Waals surface area (Å²) in [7, 11) is 0. The molecule has 0 unspecified atom stereocenters. The zero-order chi connectivity index (χ0) is 15.9. The lowest BCUT2D eigenvalue weighted by molar-refractivity contribution is 0.343. The Morgan fingerprint density at radius 2 is 1.96 bits per heavy atom. The van der Waals surface area contributed by atoms with Crippen LogP contribution >= 0.6 is 11.8 Å². The molecule has 0 radical (unpaired) electrons. The van der Waals surface area contributed by atoms with Crippen molar-refractivity contribution in [3.8, 4) is 11.4 Å². The topological polar surface area (TPSA) is 52.8 Å². The Balaban J connectivity index is 1.47. The number of tetrazole rings is 1. The van der Waals surface area contributed by atoms with Crippen LogP contribution in [0.3, 0.4) is 0 Å². The van der Waals surface area contributed by atoms with E-state index in [-0.39, 0.29) is 0 Å². The molecule has 0 atom stereocenters. The molecule has 0 spiro atoms. The molecule has 0 aliphatic heterocycles. The zero-order valence-electron chi connectivity index (χ0n) is 12.9. The number of rotatable bonds is 7. The summed E-state index contributed by atoms with van der Waals surface area (Å²) in [5, 5.41) is 11.9. The van der Waals surface area contributed by atoms with E-state index < -0.39 is 0 Å². The molecule has 6 heteroatoms. The van der Waals surface area contributed by atoms with Crippen LogP contribution in [0.25, 0.3) is 5.69 Å². The van der Waals surface area contributed by atoms with Gasteiger partial charge in [-0.3, -0.25) is 0 Å². The van der Waals surface area contributed by atoms with E-state index in [4.69, 9.17) is 4.74 Å². The minimum atomic E-state index is 0.668. The van der Waals surface area contributed by atoms with Crippen LogP contribution in [0.4, 0.5) is 0 Å². The Hall–Kier alpha value is -2.34. The van der Waals surface area contributed by atoms with Crippen molar-refractivity contribution in [3.63, 3.8) is 0 Å². The first kappa shape index (κ1) is 15.6. The third-order valence-electron chi connectivity index (χ3n) is 3.25. The Kier molecular flexibility index (Phi) is 5.26. The molecule has 0 fully saturated rings. The number of thioether (sulfide) groups is 1. The first-order chi connectivity index (χ1) is 11.3. The highest BCUT2D eigenvalue weighted by Crippen LogP contribution is 2.15. The molecule has 0 bridgehead atoms. The number of para-hydroxylation sites is 1. The SMILES string of the molecule is Cc1cccc(OCCSCc2nnnn2-c2ccccc2)c1. The van der Waals surface area contributed by atoms with E-state index in [1.54, 1.807) is 16.4 Å². The third-order valence-corrected chi connectivity index (χ3v) is 4.17. The van der Waals surface area contributed by atoms with Gasteiger partial charge < -0.3 is 4.74 Å². The average molecular weight is 326 g/mol. The lowest BCUT2D eigenvalue weighted by Gasteiger charge is -2.07. The van der Waals surface area contributed by atoms with E-state index in [2.05, 4.69) is 28.5 Å². The Labute approximate surface area is 139 Å². The first-order valence-corrected chi connectivity index (χ1v) is 8.58. The molecule has 1 aromatic heterocycles. The summed E-state index contributed by atoms with van der Waals surface area (Å²) in [6.07, 6.45) is 0. The normalized spacial score (nSPS) is 10.7. The Morgan fingerprint density at radius 3 is 2.78 bits per heavy atom. The number of aryl methyl sites for hydroxylation is 1. The third kappa shape index (κ3) is 4.32. The number of hydrogen-bond acceptors (Lipinski definition) is 5. The van der Waals surface area contributed by atoms with Gasteiger partial charge in [0.15, 0.2) is 5.82 Å². The van der Waals surface area contributed by atoms with Gasteiger partial charge in [-0.15, -0.1) is 5.10 Å². The molecular formula is C17H18N4OS.